The van der Waals surface area contributed by atoms with Gasteiger partial charge in [-0.1, -0.05) is 18.7 Å². The minimum absolute atomic E-state index is 0.232. The molecule has 2 N–H and O–H groups in total. The molecule has 1 aliphatic rings. The van der Waals surface area contributed by atoms with Gasteiger partial charge in [-0.2, -0.15) is 0 Å². The Labute approximate surface area is 110 Å². The molecule has 1 heterocycles. The monoisotopic (exact) mass is 270 g/mol. The molecule has 0 spiro atoms. The van der Waals surface area contributed by atoms with Crippen molar-refractivity contribution < 1.29 is 9.90 Å². The number of hydrogen-bond donors (Lipinski definition) is 2. The van der Waals surface area contributed by atoms with Crippen molar-refractivity contribution in [1.82, 2.24) is 20.1 Å². The fourth-order valence-corrected chi connectivity index (χ4v) is 3.27. The van der Waals surface area contributed by atoms with Crippen molar-refractivity contribution in [2.24, 2.45) is 13.0 Å². The molecule has 0 saturated heterocycles. The molecule has 1 aromatic heterocycles. The van der Waals surface area contributed by atoms with Gasteiger partial charge in [0, 0.05) is 12.8 Å². The van der Waals surface area contributed by atoms with Gasteiger partial charge < -0.3 is 15.0 Å². The Balaban J connectivity index is 2.10. The van der Waals surface area contributed by atoms with Crippen molar-refractivity contribution in [2.45, 2.75) is 30.5 Å². The van der Waals surface area contributed by atoms with Gasteiger partial charge in [-0.25, -0.2) is 0 Å². The maximum Gasteiger partial charge on any atom is 0.325 e. The number of thioether (sulfide) groups is 1. The van der Waals surface area contributed by atoms with Gasteiger partial charge in [0.05, 0.1) is 0 Å². The van der Waals surface area contributed by atoms with E-state index in [1.54, 1.807) is 10.9 Å². The Morgan fingerprint density at radius 3 is 2.89 bits per heavy atom. The molecule has 1 aromatic rings. The number of aromatic nitrogens is 3. The molecule has 0 aliphatic heterocycles. The smallest absolute Gasteiger partial charge is 0.325 e. The molecule has 0 amide bonds. The van der Waals surface area contributed by atoms with E-state index in [1.807, 2.05) is 14.0 Å². The average Bonchev–Trinajstić information content (AvgIpc) is 3.09. The Morgan fingerprint density at radius 1 is 1.72 bits per heavy atom. The van der Waals surface area contributed by atoms with E-state index in [4.69, 9.17) is 0 Å². The van der Waals surface area contributed by atoms with Crippen LogP contribution >= 0.6 is 11.8 Å². The summed E-state index contributed by atoms with van der Waals surface area (Å²) in [5.41, 5.74) is -0.828. The number of carboxylic acids is 1. The second kappa shape index (κ2) is 5.27. The third-order valence-corrected chi connectivity index (χ3v) is 4.47. The number of aryl methyl sites for hydroxylation is 1. The van der Waals surface area contributed by atoms with Gasteiger partial charge in [-0.15, -0.1) is 10.2 Å². The van der Waals surface area contributed by atoms with Gasteiger partial charge in [-0.05, 0) is 25.3 Å². The highest BCUT2D eigenvalue weighted by Gasteiger charge is 2.50. The summed E-state index contributed by atoms with van der Waals surface area (Å²) in [6, 6.07) is 0. The van der Waals surface area contributed by atoms with Crippen LogP contribution < -0.4 is 5.32 Å². The summed E-state index contributed by atoms with van der Waals surface area (Å²) in [5, 5.41) is 21.2. The lowest BCUT2D eigenvalue weighted by Gasteiger charge is -2.29. The van der Waals surface area contributed by atoms with E-state index in [1.165, 1.54) is 11.8 Å². The predicted molar refractivity (Wildman–Crippen MR) is 68.5 cm³/mol. The Morgan fingerprint density at radius 2 is 2.44 bits per heavy atom. The summed E-state index contributed by atoms with van der Waals surface area (Å²) in [6.07, 6.45) is 3.59. The third-order valence-electron chi connectivity index (χ3n) is 3.25. The lowest BCUT2D eigenvalue weighted by Crippen LogP contribution is -2.56. The highest BCUT2D eigenvalue weighted by atomic mass is 32.2. The summed E-state index contributed by atoms with van der Waals surface area (Å²) < 4.78 is 1.80. The molecular formula is C11H18N4O2S. The van der Waals surface area contributed by atoms with Crippen molar-refractivity contribution in [3.05, 3.63) is 6.33 Å². The molecule has 6 nitrogen and oxygen atoms in total. The molecule has 0 radical (unpaired) electrons. The van der Waals surface area contributed by atoms with Gasteiger partial charge in [0.25, 0.3) is 0 Å². The summed E-state index contributed by atoms with van der Waals surface area (Å²) >= 11 is 1.44. The van der Waals surface area contributed by atoms with Crippen LogP contribution in [0.1, 0.15) is 19.8 Å². The first-order valence-electron chi connectivity index (χ1n) is 6.05. The molecule has 0 bridgehead atoms. The largest absolute Gasteiger partial charge is 0.480 e. The molecule has 1 aliphatic carbocycles. The second-order valence-corrected chi connectivity index (χ2v) is 5.54. The standard InChI is InChI=1S/C11H18N4O2S/c1-3-12-11(9(16)17,8-4-5-8)6-18-10-14-13-7-15(10)2/h7-8,12H,3-6H2,1-2H3,(H,16,17). The number of rotatable bonds is 7. The van der Waals surface area contributed by atoms with E-state index in [0.717, 1.165) is 18.0 Å². The first-order chi connectivity index (χ1) is 8.60. The van der Waals surface area contributed by atoms with Gasteiger partial charge in [0.2, 0.25) is 0 Å². The van der Waals surface area contributed by atoms with Gasteiger partial charge in [0.1, 0.15) is 11.9 Å². The maximum atomic E-state index is 11.6. The van der Waals surface area contributed by atoms with Gasteiger partial charge >= 0.3 is 5.97 Å². The number of nitrogens with zero attached hydrogens (tertiary/aromatic N) is 3. The number of hydrogen-bond acceptors (Lipinski definition) is 5. The molecule has 1 fully saturated rings. The van der Waals surface area contributed by atoms with E-state index in [9.17, 15) is 9.90 Å². The van der Waals surface area contributed by atoms with Crippen LogP contribution in [0.3, 0.4) is 0 Å². The van der Waals surface area contributed by atoms with Crippen LogP contribution in [0, 0.1) is 5.92 Å². The molecule has 0 aromatic carbocycles. The summed E-state index contributed by atoms with van der Waals surface area (Å²) in [7, 11) is 1.86. The second-order valence-electron chi connectivity index (χ2n) is 4.59. The molecular weight excluding hydrogens is 252 g/mol. The minimum Gasteiger partial charge on any atom is -0.480 e. The summed E-state index contributed by atoms with van der Waals surface area (Å²) in [4.78, 5) is 11.6. The zero-order valence-electron chi connectivity index (χ0n) is 10.6. The normalized spacial score (nSPS) is 18.6. The number of aliphatic carboxylic acids is 1. The molecule has 18 heavy (non-hydrogen) atoms. The van der Waals surface area contributed by atoms with Crippen LogP contribution in [0.15, 0.2) is 11.5 Å². The van der Waals surface area contributed by atoms with Crippen molar-refractivity contribution in [2.75, 3.05) is 12.3 Å². The Kier molecular flexibility index (Phi) is 3.91. The SMILES string of the molecule is CCNC(CSc1nncn1C)(C(=O)O)C1CC1. The van der Waals surface area contributed by atoms with Gasteiger partial charge in [0.15, 0.2) is 5.16 Å². The zero-order valence-corrected chi connectivity index (χ0v) is 11.4. The van der Waals surface area contributed by atoms with Crippen LogP contribution in [0.25, 0.3) is 0 Å². The van der Waals surface area contributed by atoms with E-state index in [-0.39, 0.29) is 5.92 Å². The molecule has 1 unspecified atom stereocenters. The highest BCUT2D eigenvalue weighted by molar-refractivity contribution is 7.99. The number of likely N-dealkylation sites (N-methyl/N-ethyl adjacent to an activating group) is 1. The fraction of sp³-hybridized carbons (Fsp3) is 0.727. The van der Waals surface area contributed by atoms with Crippen molar-refractivity contribution in [1.29, 1.82) is 0 Å². The Bertz CT molecular complexity index is 432. The quantitative estimate of drug-likeness (QED) is 0.712. The minimum atomic E-state index is -0.828. The number of nitrogens with one attached hydrogen (secondary N) is 1. The lowest BCUT2D eigenvalue weighted by atomic mass is 9.96. The topological polar surface area (TPSA) is 80.0 Å². The maximum absolute atomic E-state index is 11.6. The fourth-order valence-electron chi connectivity index (χ4n) is 2.10. The average molecular weight is 270 g/mol. The van der Waals surface area contributed by atoms with Crippen LogP contribution in [0.2, 0.25) is 0 Å². The predicted octanol–water partition coefficient (Wildman–Crippen LogP) is 0.750. The first-order valence-corrected chi connectivity index (χ1v) is 7.04. The Hall–Kier alpha value is -1.08. The van der Waals surface area contributed by atoms with E-state index < -0.39 is 11.5 Å². The van der Waals surface area contributed by atoms with Crippen LogP contribution in [0.5, 0.6) is 0 Å². The van der Waals surface area contributed by atoms with E-state index in [0.29, 0.717) is 12.3 Å². The molecule has 2 rings (SSSR count). The number of carbonyl (C=O) groups is 1. The van der Waals surface area contributed by atoms with E-state index >= 15 is 0 Å². The zero-order chi connectivity index (χ0) is 13.2. The molecule has 100 valence electrons. The lowest BCUT2D eigenvalue weighted by molar-refractivity contribution is -0.144. The number of carboxylic acid groups (broad SMARTS) is 1. The van der Waals surface area contributed by atoms with Gasteiger partial charge in [-0.3, -0.25) is 4.79 Å². The van der Waals surface area contributed by atoms with E-state index in [2.05, 4.69) is 15.5 Å². The third kappa shape index (κ3) is 2.51. The van der Waals surface area contributed by atoms with Crippen molar-refractivity contribution >= 4 is 17.7 Å². The molecule has 1 saturated carbocycles. The van der Waals surface area contributed by atoms with Crippen LogP contribution in [-0.4, -0.2) is 43.7 Å². The van der Waals surface area contributed by atoms with Crippen LogP contribution in [0.4, 0.5) is 0 Å². The molecule has 7 heteroatoms. The highest BCUT2D eigenvalue weighted by Crippen LogP contribution is 2.42. The first kappa shape index (κ1) is 13.4. The van der Waals surface area contributed by atoms with Crippen molar-refractivity contribution in [3.63, 3.8) is 0 Å². The molecule has 1 atom stereocenters. The van der Waals surface area contributed by atoms with Crippen LogP contribution in [-0.2, 0) is 11.8 Å². The summed E-state index contributed by atoms with van der Waals surface area (Å²) in [5.74, 6) is -0.0508. The van der Waals surface area contributed by atoms with Crippen molar-refractivity contribution in [3.8, 4) is 0 Å². The summed E-state index contributed by atoms with van der Waals surface area (Å²) in [6.45, 7) is 2.59.